The maximum absolute atomic E-state index is 11.7. The minimum atomic E-state index is -0.626. The lowest BCUT2D eigenvalue weighted by atomic mass is 9.93. The molecule has 0 aromatic heterocycles. The zero-order chi connectivity index (χ0) is 16.8. The highest BCUT2D eigenvalue weighted by atomic mass is 16.5. The summed E-state index contributed by atoms with van der Waals surface area (Å²) in [6, 6.07) is 5.32. The Morgan fingerprint density at radius 2 is 1.91 bits per heavy atom. The van der Waals surface area contributed by atoms with Crippen LogP contribution in [0.2, 0.25) is 0 Å². The first-order chi connectivity index (χ1) is 10.3. The molecule has 0 saturated heterocycles. The fourth-order valence-electron chi connectivity index (χ4n) is 1.79. The van der Waals surface area contributed by atoms with Crippen LogP contribution in [0, 0.1) is 5.41 Å². The van der Waals surface area contributed by atoms with Gasteiger partial charge in [0.05, 0.1) is 26.2 Å². The molecule has 0 aliphatic rings. The second-order valence-corrected chi connectivity index (χ2v) is 5.36. The molecular weight excluding hydrogens is 284 g/mol. The summed E-state index contributed by atoms with van der Waals surface area (Å²) in [4.78, 5) is 15.9. The van der Waals surface area contributed by atoms with Gasteiger partial charge in [0.25, 0.3) is 0 Å². The molecule has 0 unspecified atom stereocenters. The molecule has 1 rings (SSSR count). The third kappa shape index (κ3) is 4.54. The first kappa shape index (κ1) is 17.6. The van der Waals surface area contributed by atoms with Gasteiger partial charge in [0.2, 0.25) is 5.91 Å². The molecule has 0 spiro atoms. The Kier molecular flexibility index (Phi) is 6.03. The van der Waals surface area contributed by atoms with Gasteiger partial charge in [-0.25, -0.2) is 0 Å². The average molecular weight is 308 g/mol. The molecule has 7 heteroatoms. The SMILES string of the molecule is CNC(=O)C(C)(C)CN=C(N)Nc1ccc(OC)c(OC)c1. The van der Waals surface area contributed by atoms with E-state index in [1.54, 1.807) is 53.3 Å². The largest absolute Gasteiger partial charge is 0.493 e. The van der Waals surface area contributed by atoms with Gasteiger partial charge in [0, 0.05) is 18.8 Å². The Balaban J connectivity index is 2.78. The van der Waals surface area contributed by atoms with Crippen LogP contribution in [0.5, 0.6) is 11.5 Å². The van der Waals surface area contributed by atoms with Crippen molar-refractivity contribution >= 4 is 17.6 Å². The van der Waals surface area contributed by atoms with E-state index in [-0.39, 0.29) is 18.4 Å². The van der Waals surface area contributed by atoms with Gasteiger partial charge in [-0.05, 0) is 26.0 Å². The Labute approximate surface area is 130 Å². The summed E-state index contributed by atoms with van der Waals surface area (Å²) < 4.78 is 10.4. The number of guanidine groups is 1. The van der Waals surface area contributed by atoms with Crippen LogP contribution >= 0.6 is 0 Å². The minimum Gasteiger partial charge on any atom is -0.493 e. The van der Waals surface area contributed by atoms with Gasteiger partial charge in [-0.3, -0.25) is 9.79 Å². The summed E-state index contributed by atoms with van der Waals surface area (Å²) in [6.07, 6.45) is 0. The van der Waals surface area contributed by atoms with E-state index in [0.29, 0.717) is 11.5 Å². The van der Waals surface area contributed by atoms with Crippen LogP contribution in [-0.4, -0.2) is 39.7 Å². The van der Waals surface area contributed by atoms with E-state index in [1.165, 1.54) is 0 Å². The number of ether oxygens (including phenoxy) is 2. The number of carbonyl (C=O) groups is 1. The van der Waals surface area contributed by atoms with Crippen LogP contribution in [0.4, 0.5) is 5.69 Å². The number of methoxy groups -OCH3 is 2. The molecule has 0 aliphatic heterocycles. The predicted octanol–water partition coefficient (Wildman–Crippen LogP) is 1.20. The summed E-state index contributed by atoms with van der Waals surface area (Å²) in [7, 11) is 4.73. The zero-order valence-corrected chi connectivity index (χ0v) is 13.7. The molecule has 22 heavy (non-hydrogen) atoms. The second kappa shape index (κ2) is 7.53. The smallest absolute Gasteiger partial charge is 0.227 e. The number of aliphatic imine (C=N–C) groups is 1. The number of rotatable bonds is 6. The quantitative estimate of drug-likeness (QED) is 0.542. The number of amides is 1. The summed E-state index contributed by atoms with van der Waals surface area (Å²) in [5.41, 5.74) is 5.94. The lowest BCUT2D eigenvalue weighted by Crippen LogP contribution is -2.37. The molecule has 0 atom stereocenters. The van der Waals surface area contributed by atoms with Crippen molar-refractivity contribution in [1.82, 2.24) is 5.32 Å². The maximum atomic E-state index is 11.7. The van der Waals surface area contributed by atoms with Gasteiger partial charge in [0.15, 0.2) is 17.5 Å². The normalized spacial score (nSPS) is 11.8. The Bertz CT molecular complexity index is 556. The van der Waals surface area contributed by atoms with Crippen molar-refractivity contribution in [2.45, 2.75) is 13.8 Å². The van der Waals surface area contributed by atoms with Gasteiger partial charge >= 0.3 is 0 Å². The average Bonchev–Trinajstić information content (AvgIpc) is 2.52. The number of hydrogen-bond acceptors (Lipinski definition) is 4. The number of anilines is 1. The molecule has 0 radical (unpaired) electrons. The van der Waals surface area contributed by atoms with Crippen LogP contribution in [-0.2, 0) is 4.79 Å². The molecule has 0 heterocycles. The highest BCUT2D eigenvalue weighted by Crippen LogP contribution is 2.29. The molecule has 1 aromatic rings. The summed E-state index contributed by atoms with van der Waals surface area (Å²) in [5, 5.41) is 5.56. The van der Waals surface area contributed by atoms with Gasteiger partial charge < -0.3 is 25.8 Å². The number of hydrogen-bond donors (Lipinski definition) is 3. The Morgan fingerprint density at radius 3 is 2.45 bits per heavy atom. The fourth-order valence-corrected chi connectivity index (χ4v) is 1.79. The molecule has 1 aromatic carbocycles. The highest BCUT2D eigenvalue weighted by molar-refractivity contribution is 5.93. The predicted molar refractivity (Wildman–Crippen MR) is 87.5 cm³/mol. The summed E-state index contributed by atoms with van der Waals surface area (Å²) in [5.74, 6) is 1.36. The van der Waals surface area contributed by atoms with Crippen molar-refractivity contribution in [1.29, 1.82) is 0 Å². The molecule has 0 bridgehead atoms. The van der Waals surface area contributed by atoms with E-state index in [4.69, 9.17) is 15.2 Å². The lowest BCUT2D eigenvalue weighted by Gasteiger charge is -2.20. The van der Waals surface area contributed by atoms with Gasteiger partial charge in [-0.2, -0.15) is 0 Å². The van der Waals surface area contributed by atoms with Gasteiger partial charge in [0.1, 0.15) is 0 Å². The molecule has 122 valence electrons. The zero-order valence-electron chi connectivity index (χ0n) is 13.7. The molecule has 0 fully saturated rings. The highest BCUT2D eigenvalue weighted by Gasteiger charge is 2.26. The fraction of sp³-hybridized carbons (Fsp3) is 0.467. The van der Waals surface area contributed by atoms with Crippen LogP contribution in [0.3, 0.4) is 0 Å². The number of nitrogens with zero attached hydrogens (tertiary/aromatic N) is 1. The summed E-state index contributed by atoms with van der Waals surface area (Å²) >= 11 is 0. The number of carbonyl (C=O) groups excluding carboxylic acids is 1. The van der Waals surface area contributed by atoms with Gasteiger partial charge in [-0.15, -0.1) is 0 Å². The van der Waals surface area contributed by atoms with Crippen LogP contribution in [0.15, 0.2) is 23.2 Å². The lowest BCUT2D eigenvalue weighted by molar-refractivity contribution is -0.128. The molecule has 0 saturated carbocycles. The molecule has 4 N–H and O–H groups in total. The minimum absolute atomic E-state index is 0.0878. The van der Waals surface area contributed by atoms with E-state index in [0.717, 1.165) is 5.69 Å². The summed E-state index contributed by atoms with van der Waals surface area (Å²) in [6.45, 7) is 3.89. The topological polar surface area (TPSA) is 98.0 Å². The standard InChI is InChI=1S/C15H24N4O3/c1-15(2,13(20)17-3)9-18-14(16)19-10-6-7-11(21-4)12(8-10)22-5/h6-8H,9H2,1-5H3,(H,17,20)(H3,16,18,19). The number of benzene rings is 1. The van der Waals surface area contributed by atoms with Crippen molar-refractivity contribution in [2.24, 2.45) is 16.1 Å². The van der Waals surface area contributed by atoms with Crippen molar-refractivity contribution < 1.29 is 14.3 Å². The molecule has 7 nitrogen and oxygen atoms in total. The van der Waals surface area contributed by atoms with E-state index in [1.807, 2.05) is 0 Å². The monoisotopic (exact) mass is 308 g/mol. The Hall–Kier alpha value is -2.44. The van der Waals surface area contributed by atoms with Crippen molar-refractivity contribution in [2.75, 3.05) is 33.1 Å². The van der Waals surface area contributed by atoms with E-state index in [9.17, 15) is 4.79 Å². The van der Waals surface area contributed by atoms with Crippen LogP contribution < -0.4 is 25.8 Å². The first-order valence-corrected chi connectivity index (χ1v) is 6.85. The van der Waals surface area contributed by atoms with E-state index >= 15 is 0 Å². The van der Waals surface area contributed by atoms with Crippen molar-refractivity contribution in [3.8, 4) is 11.5 Å². The third-order valence-corrected chi connectivity index (χ3v) is 3.14. The van der Waals surface area contributed by atoms with E-state index < -0.39 is 5.41 Å². The second-order valence-electron chi connectivity index (χ2n) is 5.36. The molecular formula is C15H24N4O3. The van der Waals surface area contributed by atoms with E-state index in [2.05, 4.69) is 15.6 Å². The number of nitrogens with one attached hydrogen (secondary N) is 2. The van der Waals surface area contributed by atoms with Crippen molar-refractivity contribution in [3.63, 3.8) is 0 Å². The third-order valence-electron chi connectivity index (χ3n) is 3.14. The maximum Gasteiger partial charge on any atom is 0.227 e. The van der Waals surface area contributed by atoms with Crippen molar-refractivity contribution in [3.05, 3.63) is 18.2 Å². The molecule has 0 aliphatic carbocycles. The van der Waals surface area contributed by atoms with Gasteiger partial charge in [-0.1, -0.05) is 0 Å². The van der Waals surface area contributed by atoms with Crippen LogP contribution in [0.25, 0.3) is 0 Å². The molecule has 1 amide bonds. The first-order valence-electron chi connectivity index (χ1n) is 6.85. The number of nitrogens with two attached hydrogens (primary N) is 1. The Morgan fingerprint density at radius 1 is 1.27 bits per heavy atom. The van der Waals surface area contributed by atoms with Crippen LogP contribution in [0.1, 0.15) is 13.8 Å².